The Morgan fingerprint density at radius 3 is 2.73 bits per heavy atom. The van der Waals surface area contributed by atoms with E-state index in [-0.39, 0.29) is 6.03 Å². The van der Waals surface area contributed by atoms with Crippen LogP contribution < -0.4 is 11.1 Å². The Bertz CT molecular complexity index is 192. The van der Waals surface area contributed by atoms with E-state index in [1.165, 1.54) is 0 Å². The second-order valence-corrected chi connectivity index (χ2v) is 4.15. The monoisotopic (exact) mass is 213 g/mol. The van der Waals surface area contributed by atoms with Crippen molar-refractivity contribution >= 4 is 6.03 Å². The molecule has 1 rings (SSSR count). The molecule has 15 heavy (non-hydrogen) atoms. The number of nitrogens with zero attached hydrogens (tertiary/aromatic N) is 1. The Labute approximate surface area is 92.2 Å². The maximum atomic E-state index is 11.8. The van der Waals surface area contributed by atoms with Gasteiger partial charge >= 0.3 is 6.03 Å². The Balaban J connectivity index is 2.24. The Morgan fingerprint density at radius 1 is 1.47 bits per heavy atom. The van der Waals surface area contributed by atoms with E-state index in [4.69, 9.17) is 5.73 Å². The Kier molecular flexibility index (Phi) is 5.47. The minimum absolute atomic E-state index is 0.0967. The number of nitrogens with two attached hydrogens (primary N) is 1. The molecule has 4 heteroatoms. The van der Waals surface area contributed by atoms with Crippen molar-refractivity contribution in [2.75, 3.05) is 19.6 Å². The zero-order valence-corrected chi connectivity index (χ0v) is 9.67. The van der Waals surface area contributed by atoms with Crippen molar-refractivity contribution in [2.24, 2.45) is 5.73 Å². The minimum atomic E-state index is 0.0967. The van der Waals surface area contributed by atoms with Crippen molar-refractivity contribution in [3.05, 3.63) is 0 Å². The summed E-state index contributed by atoms with van der Waals surface area (Å²) in [4.78, 5) is 13.7. The van der Waals surface area contributed by atoms with E-state index in [1.807, 2.05) is 4.90 Å². The lowest BCUT2D eigenvalue weighted by Crippen LogP contribution is -2.42. The van der Waals surface area contributed by atoms with Crippen molar-refractivity contribution in [3.63, 3.8) is 0 Å². The normalized spacial score (nSPS) is 15.1. The number of nitrogens with one attached hydrogen (secondary N) is 1. The fraction of sp³-hybridized carbons (Fsp3) is 0.909. The van der Waals surface area contributed by atoms with Crippen molar-refractivity contribution in [3.8, 4) is 0 Å². The van der Waals surface area contributed by atoms with Gasteiger partial charge < -0.3 is 16.0 Å². The molecule has 0 radical (unpaired) electrons. The van der Waals surface area contributed by atoms with Gasteiger partial charge in [0.2, 0.25) is 0 Å². The average Bonchev–Trinajstić information content (AvgIpc) is 3.03. The third-order valence-electron chi connectivity index (χ3n) is 2.66. The van der Waals surface area contributed by atoms with Crippen LogP contribution in [0.15, 0.2) is 0 Å². The summed E-state index contributed by atoms with van der Waals surface area (Å²) in [6.07, 6.45) is 5.39. The molecule has 0 unspecified atom stereocenters. The highest BCUT2D eigenvalue weighted by Crippen LogP contribution is 2.26. The molecule has 2 amide bonds. The predicted octanol–water partition coefficient (Wildman–Crippen LogP) is 1.31. The van der Waals surface area contributed by atoms with E-state index in [1.54, 1.807) is 0 Å². The van der Waals surface area contributed by atoms with Gasteiger partial charge in [-0.1, -0.05) is 13.3 Å². The first-order valence-electron chi connectivity index (χ1n) is 6.04. The van der Waals surface area contributed by atoms with Crippen molar-refractivity contribution in [1.82, 2.24) is 10.2 Å². The van der Waals surface area contributed by atoms with Gasteiger partial charge in [0.15, 0.2) is 0 Å². The van der Waals surface area contributed by atoms with Crippen molar-refractivity contribution < 1.29 is 4.79 Å². The lowest BCUT2D eigenvalue weighted by molar-refractivity contribution is 0.194. The molecule has 1 fully saturated rings. The Hall–Kier alpha value is -0.770. The number of hydrogen-bond acceptors (Lipinski definition) is 2. The highest BCUT2D eigenvalue weighted by molar-refractivity contribution is 5.74. The third kappa shape index (κ3) is 4.51. The van der Waals surface area contributed by atoms with Crippen LogP contribution in [0.5, 0.6) is 0 Å². The van der Waals surface area contributed by atoms with Gasteiger partial charge in [0, 0.05) is 19.1 Å². The van der Waals surface area contributed by atoms with E-state index in [0.717, 1.165) is 45.2 Å². The minimum Gasteiger partial charge on any atom is -0.338 e. The summed E-state index contributed by atoms with van der Waals surface area (Å²) in [6.45, 7) is 4.38. The van der Waals surface area contributed by atoms with Crippen LogP contribution in [0.2, 0.25) is 0 Å². The first-order chi connectivity index (χ1) is 7.29. The molecular formula is C11H23N3O. The van der Waals surface area contributed by atoms with Crippen LogP contribution in [0.4, 0.5) is 4.79 Å². The van der Waals surface area contributed by atoms with E-state index in [0.29, 0.717) is 12.6 Å². The van der Waals surface area contributed by atoms with Gasteiger partial charge in [-0.15, -0.1) is 0 Å². The zero-order valence-electron chi connectivity index (χ0n) is 9.67. The van der Waals surface area contributed by atoms with Crippen LogP contribution in [-0.2, 0) is 0 Å². The molecule has 0 saturated heterocycles. The molecule has 0 bridgehead atoms. The molecule has 0 heterocycles. The van der Waals surface area contributed by atoms with Gasteiger partial charge in [-0.3, -0.25) is 0 Å². The molecule has 0 aromatic heterocycles. The van der Waals surface area contributed by atoms with Crippen molar-refractivity contribution in [1.29, 1.82) is 0 Å². The van der Waals surface area contributed by atoms with Gasteiger partial charge in [-0.05, 0) is 32.2 Å². The summed E-state index contributed by atoms with van der Waals surface area (Å²) >= 11 is 0. The number of amides is 2. The van der Waals surface area contributed by atoms with Crippen LogP contribution in [-0.4, -0.2) is 36.6 Å². The summed E-state index contributed by atoms with van der Waals surface area (Å²) in [5.74, 6) is 0. The van der Waals surface area contributed by atoms with Gasteiger partial charge in [-0.25, -0.2) is 4.79 Å². The van der Waals surface area contributed by atoms with Gasteiger partial charge in [0.25, 0.3) is 0 Å². The van der Waals surface area contributed by atoms with Crippen LogP contribution >= 0.6 is 0 Å². The molecule has 3 N–H and O–H groups in total. The Morgan fingerprint density at radius 2 is 2.20 bits per heavy atom. The average molecular weight is 213 g/mol. The molecule has 0 atom stereocenters. The highest BCUT2D eigenvalue weighted by atomic mass is 16.2. The molecule has 0 aliphatic heterocycles. The second kappa shape index (κ2) is 6.67. The second-order valence-electron chi connectivity index (χ2n) is 4.15. The van der Waals surface area contributed by atoms with E-state index in [2.05, 4.69) is 12.2 Å². The largest absolute Gasteiger partial charge is 0.338 e. The van der Waals surface area contributed by atoms with E-state index < -0.39 is 0 Å². The molecule has 1 aliphatic rings. The molecule has 88 valence electrons. The van der Waals surface area contributed by atoms with Crippen LogP contribution in [0.25, 0.3) is 0 Å². The maximum Gasteiger partial charge on any atom is 0.317 e. The summed E-state index contributed by atoms with van der Waals surface area (Å²) in [7, 11) is 0. The first-order valence-corrected chi connectivity index (χ1v) is 6.04. The summed E-state index contributed by atoms with van der Waals surface area (Å²) in [5, 5.41) is 2.96. The lowest BCUT2D eigenvalue weighted by atomic mass is 10.3. The molecule has 0 aromatic rings. The fourth-order valence-electron chi connectivity index (χ4n) is 1.57. The zero-order chi connectivity index (χ0) is 11.1. The van der Waals surface area contributed by atoms with Gasteiger partial charge in [0.1, 0.15) is 0 Å². The first kappa shape index (κ1) is 12.3. The van der Waals surface area contributed by atoms with Crippen molar-refractivity contribution in [2.45, 2.75) is 45.1 Å². The van der Waals surface area contributed by atoms with E-state index >= 15 is 0 Å². The summed E-state index contributed by atoms with van der Waals surface area (Å²) in [5.41, 5.74) is 5.46. The number of unbranched alkanes of at least 4 members (excludes halogenated alkanes) is 1. The smallest absolute Gasteiger partial charge is 0.317 e. The topological polar surface area (TPSA) is 58.4 Å². The van der Waals surface area contributed by atoms with Gasteiger partial charge in [0.05, 0.1) is 0 Å². The fourth-order valence-corrected chi connectivity index (χ4v) is 1.57. The molecule has 4 nitrogen and oxygen atoms in total. The molecule has 0 spiro atoms. The quantitative estimate of drug-likeness (QED) is 0.626. The van der Waals surface area contributed by atoms with Crippen LogP contribution in [0, 0.1) is 0 Å². The number of urea groups is 1. The van der Waals surface area contributed by atoms with Crippen LogP contribution in [0.1, 0.15) is 39.0 Å². The van der Waals surface area contributed by atoms with Gasteiger partial charge in [-0.2, -0.15) is 0 Å². The predicted molar refractivity (Wildman–Crippen MR) is 61.7 cm³/mol. The van der Waals surface area contributed by atoms with Crippen LogP contribution in [0.3, 0.4) is 0 Å². The molecule has 1 aliphatic carbocycles. The summed E-state index contributed by atoms with van der Waals surface area (Å²) in [6, 6.07) is 0.581. The number of rotatable bonds is 7. The standard InChI is InChI=1S/C11H23N3O/c1-2-3-8-13-11(15)14(9-4-7-12)10-5-6-10/h10H,2-9,12H2,1H3,(H,13,15). The lowest BCUT2D eigenvalue weighted by Gasteiger charge is -2.22. The molecule has 1 saturated carbocycles. The SMILES string of the molecule is CCCCNC(=O)N(CCCN)C1CC1. The number of carbonyl (C=O) groups is 1. The number of carbonyl (C=O) groups excluding carboxylic acids is 1. The van der Waals surface area contributed by atoms with E-state index in [9.17, 15) is 4.79 Å². The third-order valence-corrected chi connectivity index (χ3v) is 2.66. The molecular weight excluding hydrogens is 190 g/mol. The highest BCUT2D eigenvalue weighted by Gasteiger charge is 2.31. The number of hydrogen-bond donors (Lipinski definition) is 2. The summed E-state index contributed by atoms with van der Waals surface area (Å²) < 4.78 is 0. The maximum absolute atomic E-state index is 11.8. The molecule has 0 aromatic carbocycles.